The number of aryl methyl sites for hydroxylation is 1. The fourth-order valence-corrected chi connectivity index (χ4v) is 3.82. The number of fused-ring (bicyclic) bond motifs is 3. The van der Waals surface area contributed by atoms with Crippen molar-refractivity contribution in [1.29, 1.82) is 0 Å². The van der Waals surface area contributed by atoms with Gasteiger partial charge in [0.05, 0.1) is 12.7 Å². The number of nitrogens with one attached hydrogen (secondary N) is 1. The van der Waals surface area contributed by atoms with Gasteiger partial charge >= 0.3 is 5.63 Å². The maximum atomic E-state index is 12.1. The molecule has 2 heterocycles. The number of quaternary nitrogens is 1. The van der Waals surface area contributed by atoms with Crippen molar-refractivity contribution in [3.8, 4) is 11.5 Å². The normalized spacial score (nSPS) is 16.0. The van der Waals surface area contributed by atoms with E-state index in [2.05, 4.69) is 13.0 Å². The molecule has 0 bridgehead atoms. The number of methoxy groups -OCH3 is 1. The summed E-state index contributed by atoms with van der Waals surface area (Å²) in [7, 11) is 1.69. The Labute approximate surface area is 158 Å². The van der Waals surface area contributed by atoms with Crippen molar-refractivity contribution in [1.82, 2.24) is 0 Å². The third kappa shape index (κ3) is 3.43. The molecule has 1 aliphatic rings. The van der Waals surface area contributed by atoms with Gasteiger partial charge in [0, 0.05) is 17.0 Å². The third-order valence-corrected chi connectivity index (χ3v) is 5.07. The van der Waals surface area contributed by atoms with Crippen LogP contribution in [0.4, 0.5) is 0 Å². The Kier molecular flexibility index (Phi) is 4.86. The van der Waals surface area contributed by atoms with Crippen molar-refractivity contribution in [3.05, 3.63) is 69.6 Å². The number of ether oxygens (including phenoxy) is 2. The largest absolute Gasteiger partial charge is 0.496 e. The van der Waals surface area contributed by atoms with Crippen LogP contribution in [0.15, 0.2) is 51.7 Å². The summed E-state index contributed by atoms with van der Waals surface area (Å²) in [6, 6.07) is 13.6. The fraction of sp³-hybridized carbons (Fsp3) is 0.318. The van der Waals surface area contributed by atoms with Gasteiger partial charge in [-0.1, -0.05) is 25.5 Å². The Morgan fingerprint density at radius 3 is 2.81 bits per heavy atom. The molecule has 1 N–H and O–H groups in total. The number of rotatable bonds is 5. The van der Waals surface area contributed by atoms with E-state index in [-0.39, 0.29) is 5.63 Å². The highest BCUT2D eigenvalue weighted by Crippen LogP contribution is 2.30. The Balaban J connectivity index is 1.70. The first-order valence-electron chi connectivity index (χ1n) is 9.36. The summed E-state index contributed by atoms with van der Waals surface area (Å²) in [5, 5.41) is 1.01. The standard InChI is InChI=1S/C22H23NO4/c1-3-6-15-11-21(24)27-22-17(15)9-10-20-18(22)13-23(14-26-20)12-16-7-4-5-8-19(16)25-2/h4-5,7-11H,3,6,12-14H2,1-2H3/p+1. The zero-order valence-electron chi connectivity index (χ0n) is 15.7. The minimum atomic E-state index is -0.295. The highest BCUT2D eigenvalue weighted by atomic mass is 16.5. The van der Waals surface area contributed by atoms with Gasteiger partial charge in [-0.2, -0.15) is 0 Å². The van der Waals surface area contributed by atoms with Crippen molar-refractivity contribution in [3.63, 3.8) is 0 Å². The van der Waals surface area contributed by atoms with Crippen molar-refractivity contribution >= 4 is 11.0 Å². The first-order chi connectivity index (χ1) is 13.2. The molecule has 1 aliphatic heterocycles. The second kappa shape index (κ2) is 7.45. The lowest BCUT2D eigenvalue weighted by molar-refractivity contribution is -0.945. The van der Waals surface area contributed by atoms with Crippen LogP contribution in [-0.4, -0.2) is 13.8 Å². The van der Waals surface area contributed by atoms with Crippen LogP contribution < -0.4 is 20.0 Å². The molecule has 0 aliphatic carbocycles. The van der Waals surface area contributed by atoms with E-state index >= 15 is 0 Å². The summed E-state index contributed by atoms with van der Waals surface area (Å²) in [6.07, 6.45) is 1.84. The van der Waals surface area contributed by atoms with Gasteiger partial charge in [-0.3, -0.25) is 4.90 Å². The van der Waals surface area contributed by atoms with Crippen LogP contribution in [0.5, 0.6) is 11.5 Å². The van der Waals surface area contributed by atoms with Crippen molar-refractivity contribution in [2.24, 2.45) is 0 Å². The quantitative estimate of drug-likeness (QED) is 0.706. The predicted octanol–water partition coefficient (Wildman–Crippen LogP) is 2.69. The molecule has 1 unspecified atom stereocenters. The molecule has 140 valence electrons. The highest BCUT2D eigenvalue weighted by Gasteiger charge is 2.25. The minimum absolute atomic E-state index is 0.295. The molecule has 0 spiro atoms. The van der Waals surface area contributed by atoms with Gasteiger partial charge < -0.3 is 13.9 Å². The third-order valence-electron chi connectivity index (χ3n) is 5.07. The molecule has 1 atom stereocenters. The molecule has 5 nitrogen and oxygen atoms in total. The van der Waals surface area contributed by atoms with Crippen LogP contribution >= 0.6 is 0 Å². The van der Waals surface area contributed by atoms with Crippen LogP contribution in [0.1, 0.15) is 30.0 Å². The summed E-state index contributed by atoms with van der Waals surface area (Å²) >= 11 is 0. The molecule has 0 radical (unpaired) electrons. The van der Waals surface area contributed by atoms with Gasteiger partial charge in [0.25, 0.3) is 0 Å². The van der Waals surface area contributed by atoms with E-state index in [1.807, 2.05) is 30.3 Å². The molecule has 27 heavy (non-hydrogen) atoms. The van der Waals surface area contributed by atoms with E-state index in [4.69, 9.17) is 13.9 Å². The van der Waals surface area contributed by atoms with E-state index in [9.17, 15) is 4.79 Å². The van der Waals surface area contributed by atoms with Gasteiger partial charge in [-0.25, -0.2) is 4.79 Å². The average molecular weight is 366 g/mol. The Hall–Kier alpha value is -2.79. The van der Waals surface area contributed by atoms with E-state index < -0.39 is 0 Å². The zero-order valence-corrected chi connectivity index (χ0v) is 15.7. The topological polar surface area (TPSA) is 53.1 Å². The van der Waals surface area contributed by atoms with Crippen molar-refractivity contribution in [2.45, 2.75) is 32.9 Å². The maximum Gasteiger partial charge on any atom is 0.336 e. The second-order valence-corrected chi connectivity index (χ2v) is 6.96. The van der Waals surface area contributed by atoms with Crippen molar-refractivity contribution in [2.75, 3.05) is 13.8 Å². The van der Waals surface area contributed by atoms with Crippen LogP contribution in [-0.2, 0) is 19.5 Å². The Morgan fingerprint density at radius 2 is 2.00 bits per heavy atom. The smallest absolute Gasteiger partial charge is 0.336 e. The molecule has 0 saturated carbocycles. The van der Waals surface area contributed by atoms with Crippen molar-refractivity contribution < 1.29 is 18.8 Å². The van der Waals surface area contributed by atoms with E-state index in [1.54, 1.807) is 13.2 Å². The molecule has 0 fully saturated rings. The number of hydrogen-bond acceptors (Lipinski definition) is 4. The monoisotopic (exact) mass is 366 g/mol. The number of hydrogen-bond donors (Lipinski definition) is 1. The highest BCUT2D eigenvalue weighted by molar-refractivity contribution is 5.85. The van der Waals surface area contributed by atoms with Gasteiger partial charge in [0.2, 0.25) is 6.73 Å². The first kappa shape index (κ1) is 17.6. The first-order valence-corrected chi connectivity index (χ1v) is 9.36. The average Bonchev–Trinajstić information content (AvgIpc) is 2.68. The minimum Gasteiger partial charge on any atom is -0.496 e. The SMILES string of the molecule is CCCc1cc(=O)oc2c3c(ccc12)OC[NH+](Cc1ccccc1OC)C3. The summed E-state index contributed by atoms with van der Waals surface area (Å²) in [5.41, 5.74) is 3.52. The molecule has 4 rings (SSSR count). The van der Waals surface area contributed by atoms with E-state index in [1.165, 1.54) is 4.90 Å². The predicted molar refractivity (Wildman–Crippen MR) is 103 cm³/mol. The molecule has 0 saturated heterocycles. The molecule has 5 heteroatoms. The number of benzene rings is 2. The molecule has 1 aromatic heterocycles. The lowest BCUT2D eigenvalue weighted by atomic mass is 10.0. The van der Waals surface area contributed by atoms with Crippen LogP contribution in [0.25, 0.3) is 11.0 Å². The van der Waals surface area contributed by atoms with Gasteiger partial charge in [-0.05, 0) is 36.2 Å². The maximum absolute atomic E-state index is 12.1. The lowest BCUT2D eigenvalue weighted by Gasteiger charge is -2.27. The van der Waals surface area contributed by atoms with Crippen LogP contribution in [0, 0.1) is 0 Å². The Bertz CT molecular complexity index is 1020. The summed E-state index contributed by atoms with van der Waals surface area (Å²) in [5.74, 6) is 1.69. The van der Waals surface area contributed by atoms with Crippen LogP contribution in [0.2, 0.25) is 0 Å². The Morgan fingerprint density at radius 1 is 1.15 bits per heavy atom. The summed E-state index contributed by atoms with van der Waals surface area (Å²) in [6.45, 7) is 4.19. The molecule has 3 aromatic rings. The molecule has 2 aromatic carbocycles. The molecular formula is C22H24NO4+. The second-order valence-electron chi connectivity index (χ2n) is 6.96. The molecular weight excluding hydrogens is 342 g/mol. The van der Waals surface area contributed by atoms with Gasteiger partial charge in [0.1, 0.15) is 24.6 Å². The van der Waals surface area contributed by atoms with E-state index in [0.29, 0.717) is 12.3 Å². The van der Waals surface area contributed by atoms with Gasteiger partial charge in [-0.15, -0.1) is 0 Å². The lowest BCUT2D eigenvalue weighted by Crippen LogP contribution is -3.10. The van der Waals surface area contributed by atoms with Crippen LogP contribution in [0.3, 0.4) is 0 Å². The van der Waals surface area contributed by atoms with Gasteiger partial charge in [0.15, 0.2) is 5.58 Å². The zero-order chi connectivity index (χ0) is 18.8. The number of para-hydroxylation sites is 1. The summed E-state index contributed by atoms with van der Waals surface area (Å²) in [4.78, 5) is 13.3. The summed E-state index contributed by atoms with van der Waals surface area (Å²) < 4.78 is 17.1. The molecule has 0 amide bonds. The fourth-order valence-electron chi connectivity index (χ4n) is 3.82. The van der Waals surface area contributed by atoms with E-state index in [0.717, 1.165) is 59.5 Å².